The topological polar surface area (TPSA) is 51.2 Å². The van der Waals surface area contributed by atoms with Crippen molar-refractivity contribution in [3.63, 3.8) is 0 Å². The van der Waals surface area contributed by atoms with Gasteiger partial charge in [-0.25, -0.2) is 4.39 Å². The zero-order valence-electron chi connectivity index (χ0n) is 11.0. The number of aromatic nitrogens is 1. The van der Waals surface area contributed by atoms with E-state index in [1.165, 1.54) is 12.3 Å². The largest absolute Gasteiger partial charge is 0.493 e. The summed E-state index contributed by atoms with van der Waals surface area (Å²) in [6.45, 7) is 0.925. The van der Waals surface area contributed by atoms with Gasteiger partial charge in [0.15, 0.2) is 5.82 Å². The van der Waals surface area contributed by atoms with Crippen LogP contribution in [0.15, 0.2) is 35.1 Å². The van der Waals surface area contributed by atoms with Gasteiger partial charge >= 0.3 is 0 Å². The second kappa shape index (κ2) is 5.81. The average Bonchev–Trinajstić information content (AvgIpc) is 2.93. The Bertz CT molecular complexity index is 706. The third-order valence-corrected chi connectivity index (χ3v) is 3.74. The number of fused-ring (bicyclic) bond motifs is 1. The SMILES string of the molecule is O=C(NCc1cc(Br)cc2c1OCC2)c1ccncc1F. The van der Waals surface area contributed by atoms with Crippen molar-refractivity contribution in [2.75, 3.05) is 6.61 Å². The molecule has 0 saturated heterocycles. The van der Waals surface area contributed by atoms with Crippen LogP contribution in [0.25, 0.3) is 0 Å². The molecular weight excluding hydrogens is 339 g/mol. The van der Waals surface area contributed by atoms with Crippen LogP contribution in [-0.2, 0) is 13.0 Å². The van der Waals surface area contributed by atoms with E-state index in [0.717, 1.165) is 34.0 Å². The van der Waals surface area contributed by atoms with Gasteiger partial charge in [-0.15, -0.1) is 0 Å². The molecule has 2 aromatic rings. The third-order valence-electron chi connectivity index (χ3n) is 3.28. The van der Waals surface area contributed by atoms with E-state index < -0.39 is 11.7 Å². The number of carbonyl (C=O) groups excluding carboxylic acids is 1. The molecule has 0 spiro atoms. The van der Waals surface area contributed by atoms with Crippen molar-refractivity contribution in [1.29, 1.82) is 0 Å². The zero-order valence-corrected chi connectivity index (χ0v) is 12.6. The number of benzene rings is 1. The van der Waals surface area contributed by atoms with Crippen molar-refractivity contribution < 1.29 is 13.9 Å². The number of pyridine rings is 1. The van der Waals surface area contributed by atoms with Gasteiger partial charge in [0.1, 0.15) is 5.75 Å². The summed E-state index contributed by atoms with van der Waals surface area (Å²) in [5.74, 6) is -0.291. The maximum Gasteiger partial charge on any atom is 0.254 e. The second-order valence-electron chi connectivity index (χ2n) is 4.69. The lowest BCUT2D eigenvalue weighted by Gasteiger charge is -2.10. The zero-order chi connectivity index (χ0) is 14.8. The van der Waals surface area contributed by atoms with E-state index in [0.29, 0.717) is 6.61 Å². The summed E-state index contributed by atoms with van der Waals surface area (Å²) in [5, 5.41) is 2.71. The Kier molecular flexibility index (Phi) is 3.88. The van der Waals surface area contributed by atoms with E-state index in [1.807, 2.05) is 12.1 Å². The number of hydrogen-bond acceptors (Lipinski definition) is 3. The summed E-state index contributed by atoms with van der Waals surface area (Å²) in [4.78, 5) is 15.6. The number of halogens is 2. The van der Waals surface area contributed by atoms with E-state index in [-0.39, 0.29) is 12.1 Å². The van der Waals surface area contributed by atoms with Gasteiger partial charge in [-0.3, -0.25) is 9.78 Å². The van der Waals surface area contributed by atoms with Crippen molar-refractivity contribution >= 4 is 21.8 Å². The van der Waals surface area contributed by atoms with Crippen LogP contribution < -0.4 is 10.1 Å². The van der Waals surface area contributed by atoms with E-state index in [4.69, 9.17) is 4.74 Å². The van der Waals surface area contributed by atoms with Crippen LogP contribution in [0.2, 0.25) is 0 Å². The monoisotopic (exact) mass is 350 g/mol. The molecular formula is C15H12BrFN2O2. The van der Waals surface area contributed by atoms with Crippen molar-refractivity contribution in [3.8, 4) is 5.75 Å². The van der Waals surface area contributed by atoms with E-state index in [1.54, 1.807) is 0 Å². The minimum absolute atomic E-state index is 0.0161. The fourth-order valence-electron chi connectivity index (χ4n) is 2.31. The smallest absolute Gasteiger partial charge is 0.254 e. The highest BCUT2D eigenvalue weighted by atomic mass is 79.9. The molecule has 1 amide bonds. The standard InChI is InChI=1S/C15H12BrFN2O2/c16-11-5-9-2-4-21-14(9)10(6-11)7-19-15(20)12-1-3-18-8-13(12)17/h1,3,5-6,8H,2,4,7H2,(H,19,20). The van der Waals surface area contributed by atoms with E-state index in [2.05, 4.69) is 26.2 Å². The number of hydrogen-bond donors (Lipinski definition) is 1. The molecule has 0 bridgehead atoms. The van der Waals surface area contributed by atoms with E-state index in [9.17, 15) is 9.18 Å². The van der Waals surface area contributed by atoms with Gasteiger partial charge in [-0.05, 0) is 23.8 Å². The molecule has 0 radical (unpaired) electrons. The van der Waals surface area contributed by atoms with Crippen LogP contribution in [0.3, 0.4) is 0 Å². The molecule has 0 atom stereocenters. The van der Waals surface area contributed by atoms with Crippen LogP contribution in [0, 0.1) is 5.82 Å². The Labute approximate surface area is 129 Å². The first kappa shape index (κ1) is 14.0. The Morgan fingerprint density at radius 1 is 1.48 bits per heavy atom. The summed E-state index contributed by atoms with van der Waals surface area (Å²) in [6, 6.07) is 5.26. The molecule has 21 heavy (non-hydrogen) atoms. The highest BCUT2D eigenvalue weighted by Crippen LogP contribution is 2.32. The molecule has 1 aromatic heterocycles. The summed E-state index contributed by atoms with van der Waals surface area (Å²) in [5.41, 5.74) is 1.97. The van der Waals surface area contributed by atoms with Gasteiger partial charge in [-0.1, -0.05) is 15.9 Å². The fraction of sp³-hybridized carbons (Fsp3) is 0.200. The first-order chi connectivity index (χ1) is 10.1. The van der Waals surface area contributed by atoms with Crippen LogP contribution in [0.5, 0.6) is 5.75 Å². The lowest BCUT2D eigenvalue weighted by Crippen LogP contribution is -2.24. The molecule has 1 N–H and O–H groups in total. The Morgan fingerprint density at radius 3 is 3.14 bits per heavy atom. The highest BCUT2D eigenvalue weighted by Gasteiger charge is 2.18. The number of rotatable bonds is 3. The number of ether oxygens (including phenoxy) is 1. The highest BCUT2D eigenvalue weighted by molar-refractivity contribution is 9.10. The molecule has 1 aliphatic heterocycles. The van der Waals surface area contributed by atoms with Gasteiger partial charge in [0, 0.05) is 29.2 Å². The maximum atomic E-state index is 13.5. The van der Waals surface area contributed by atoms with Crippen molar-refractivity contribution in [3.05, 3.63) is 57.6 Å². The molecule has 4 nitrogen and oxygen atoms in total. The number of amides is 1. The van der Waals surface area contributed by atoms with Gasteiger partial charge in [0.25, 0.3) is 5.91 Å². The fourth-order valence-corrected chi connectivity index (χ4v) is 2.86. The Hall–Kier alpha value is -1.95. The van der Waals surface area contributed by atoms with Gasteiger partial charge in [0.2, 0.25) is 0 Å². The predicted molar refractivity (Wildman–Crippen MR) is 78.7 cm³/mol. The normalized spacial score (nSPS) is 12.7. The van der Waals surface area contributed by atoms with Gasteiger partial charge < -0.3 is 10.1 Å². The lowest BCUT2D eigenvalue weighted by atomic mass is 10.1. The molecule has 0 aliphatic carbocycles. The van der Waals surface area contributed by atoms with E-state index >= 15 is 0 Å². The third kappa shape index (κ3) is 2.90. The number of nitrogens with zero attached hydrogens (tertiary/aromatic N) is 1. The molecule has 6 heteroatoms. The molecule has 0 saturated carbocycles. The Balaban J connectivity index is 1.77. The maximum absolute atomic E-state index is 13.5. The average molecular weight is 351 g/mol. The molecule has 0 unspecified atom stereocenters. The Morgan fingerprint density at radius 2 is 2.33 bits per heavy atom. The summed E-state index contributed by atoms with van der Waals surface area (Å²) in [6.07, 6.45) is 3.27. The molecule has 2 heterocycles. The minimum Gasteiger partial charge on any atom is -0.493 e. The van der Waals surface area contributed by atoms with Gasteiger partial charge in [-0.2, -0.15) is 0 Å². The van der Waals surface area contributed by atoms with Crippen LogP contribution in [0.4, 0.5) is 4.39 Å². The number of nitrogens with one attached hydrogen (secondary N) is 1. The van der Waals surface area contributed by atoms with Crippen LogP contribution >= 0.6 is 15.9 Å². The first-order valence-corrected chi connectivity index (χ1v) is 7.26. The summed E-state index contributed by atoms with van der Waals surface area (Å²) >= 11 is 3.44. The predicted octanol–water partition coefficient (Wildman–Crippen LogP) is 2.85. The van der Waals surface area contributed by atoms with Crippen molar-refractivity contribution in [1.82, 2.24) is 10.3 Å². The quantitative estimate of drug-likeness (QED) is 0.925. The lowest BCUT2D eigenvalue weighted by molar-refractivity contribution is 0.0946. The molecule has 1 aromatic carbocycles. The van der Waals surface area contributed by atoms with Crippen LogP contribution in [-0.4, -0.2) is 17.5 Å². The van der Waals surface area contributed by atoms with Gasteiger partial charge in [0.05, 0.1) is 18.4 Å². The molecule has 1 aliphatic rings. The first-order valence-electron chi connectivity index (χ1n) is 6.47. The summed E-state index contributed by atoms with van der Waals surface area (Å²) < 4.78 is 20.0. The molecule has 0 fully saturated rings. The molecule has 3 rings (SSSR count). The summed E-state index contributed by atoms with van der Waals surface area (Å²) in [7, 11) is 0. The molecule has 108 valence electrons. The van der Waals surface area contributed by atoms with Crippen molar-refractivity contribution in [2.24, 2.45) is 0 Å². The number of carbonyl (C=O) groups is 1. The minimum atomic E-state index is -0.634. The van der Waals surface area contributed by atoms with Crippen LogP contribution in [0.1, 0.15) is 21.5 Å². The van der Waals surface area contributed by atoms with Crippen molar-refractivity contribution in [2.45, 2.75) is 13.0 Å². The second-order valence-corrected chi connectivity index (χ2v) is 5.61.